The highest BCUT2D eigenvalue weighted by Gasteiger charge is 2.30. The van der Waals surface area contributed by atoms with Crippen LogP contribution in [0.4, 0.5) is 0 Å². The minimum atomic E-state index is -0.718. The fourth-order valence-corrected chi connectivity index (χ4v) is 4.49. The van der Waals surface area contributed by atoms with Gasteiger partial charge in [-0.25, -0.2) is 0 Å². The number of hydrogen-bond acceptors (Lipinski definition) is 3. The largest absolute Gasteiger partial charge is 0.483 e. The molecule has 0 spiro atoms. The number of rotatable bonds is 10. The first-order valence-corrected chi connectivity index (χ1v) is 12.7. The van der Waals surface area contributed by atoms with Crippen molar-refractivity contribution in [2.24, 2.45) is 0 Å². The third-order valence-corrected chi connectivity index (χ3v) is 6.59. The van der Waals surface area contributed by atoms with Crippen LogP contribution in [0.2, 0.25) is 5.02 Å². The molecule has 3 aromatic rings. The summed E-state index contributed by atoms with van der Waals surface area (Å²) in [6, 6.07) is 22.1. The Kier molecular flexibility index (Phi) is 9.75. The molecular weight excluding hydrogens is 528 g/mol. The lowest BCUT2D eigenvalue weighted by molar-refractivity contribution is -0.142. The number of likely N-dealkylation sites (N-methyl/N-ethyl adjacent to an activating group) is 1. The third kappa shape index (κ3) is 7.58. The standard InChI is InChI=1S/C28H30BrClN2O3/c1-19(2)22-12-13-26(24(29)16-22)35-18-27(33)32(17-21-10-7-11-23(30)14-21)25(28(34)31-3)15-20-8-5-4-6-9-20/h4-14,16,19,25H,15,17-18H2,1-3H3,(H,31,34). The zero-order valence-electron chi connectivity index (χ0n) is 20.1. The Morgan fingerprint density at radius 2 is 1.71 bits per heavy atom. The SMILES string of the molecule is CNC(=O)C(Cc1ccccc1)N(Cc1cccc(Cl)c1)C(=O)COc1ccc(C(C)C)cc1Br. The summed E-state index contributed by atoms with van der Waals surface area (Å²) in [5.74, 6) is 0.410. The van der Waals surface area contributed by atoms with Crippen LogP contribution >= 0.6 is 27.5 Å². The van der Waals surface area contributed by atoms with Gasteiger partial charge in [0.25, 0.3) is 5.91 Å². The summed E-state index contributed by atoms with van der Waals surface area (Å²) in [5.41, 5.74) is 2.95. The molecule has 35 heavy (non-hydrogen) atoms. The van der Waals surface area contributed by atoms with Crippen molar-refractivity contribution in [2.75, 3.05) is 13.7 Å². The molecule has 0 heterocycles. The summed E-state index contributed by atoms with van der Waals surface area (Å²) in [6.45, 7) is 4.25. The average Bonchev–Trinajstić information content (AvgIpc) is 2.85. The van der Waals surface area contributed by atoms with E-state index >= 15 is 0 Å². The first kappa shape index (κ1) is 26.8. The van der Waals surface area contributed by atoms with Gasteiger partial charge in [0.15, 0.2) is 6.61 Å². The molecule has 0 aliphatic heterocycles. The van der Waals surface area contributed by atoms with Crippen molar-refractivity contribution in [1.29, 1.82) is 0 Å². The molecule has 0 saturated carbocycles. The van der Waals surface area contributed by atoms with E-state index in [-0.39, 0.29) is 25.0 Å². The van der Waals surface area contributed by atoms with Gasteiger partial charge in [-0.1, -0.05) is 74.0 Å². The van der Waals surface area contributed by atoms with Crippen LogP contribution in [0, 0.1) is 0 Å². The van der Waals surface area contributed by atoms with Crippen LogP contribution in [0.25, 0.3) is 0 Å². The van der Waals surface area contributed by atoms with Crippen LogP contribution in [0.3, 0.4) is 0 Å². The highest BCUT2D eigenvalue weighted by molar-refractivity contribution is 9.10. The van der Waals surface area contributed by atoms with Crippen LogP contribution in [-0.2, 0) is 22.6 Å². The molecular formula is C28H30BrClN2O3. The van der Waals surface area contributed by atoms with E-state index < -0.39 is 6.04 Å². The van der Waals surface area contributed by atoms with Crippen molar-refractivity contribution in [2.45, 2.75) is 38.8 Å². The molecule has 2 amide bonds. The fraction of sp³-hybridized carbons (Fsp3) is 0.286. The van der Waals surface area contributed by atoms with E-state index in [0.717, 1.165) is 15.6 Å². The summed E-state index contributed by atoms with van der Waals surface area (Å²) in [5, 5.41) is 3.28. The minimum Gasteiger partial charge on any atom is -0.483 e. The second-order valence-electron chi connectivity index (χ2n) is 8.60. The van der Waals surface area contributed by atoms with Gasteiger partial charge in [0.1, 0.15) is 11.8 Å². The van der Waals surface area contributed by atoms with E-state index in [1.54, 1.807) is 24.1 Å². The second-order valence-corrected chi connectivity index (χ2v) is 9.90. The van der Waals surface area contributed by atoms with Crippen molar-refractivity contribution >= 4 is 39.3 Å². The van der Waals surface area contributed by atoms with Gasteiger partial charge in [-0.3, -0.25) is 9.59 Å². The van der Waals surface area contributed by atoms with Crippen molar-refractivity contribution in [3.63, 3.8) is 0 Å². The Bertz CT molecular complexity index is 1150. The summed E-state index contributed by atoms with van der Waals surface area (Å²) in [7, 11) is 1.58. The molecule has 1 atom stereocenters. The van der Waals surface area contributed by atoms with E-state index in [1.807, 2.05) is 60.7 Å². The molecule has 0 bridgehead atoms. The van der Waals surface area contributed by atoms with Crippen LogP contribution in [-0.4, -0.2) is 36.4 Å². The smallest absolute Gasteiger partial charge is 0.261 e. The molecule has 184 valence electrons. The Hall–Kier alpha value is -2.83. The zero-order chi connectivity index (χ0) is 25.4. The van der Waals surface area contributed by atoms with E-state index in [2.05, 4.69) is 35.1 Å². The number of nitrogens with zero attached hydrogens (tertiary/aromatic N) is 1. The normalized spacial score (nSPS) is 11.7. The molecule has 5 nitrogen and oxygen atoms in total. The summed E-state index contributed by atoms with van der Waals surface area (Å²) in [6.07, 6.45) is 0.375. The quantitative estimate of drug-likeness (QED) is 0.333. The van der Waals surface area contributed by atoms with Crippen molar-refractivity contribution in [3.8, 4) is 5.75 Å². The van der Waals surface area contributed by atoms with Crippen LogP contribution in [0.5, 0.6) is 5.75 Å². The van der Waals surface area contributed by atoms with E-state index in [0.29, 0.717) is 23.1 Å². The van der Waals surface area contributed by atoms with Gasteiger partial charge < -0.3 is 15.0 Å². The molecule has 0 saturated heterocycles. The monoisotopic (exact) mass is 556 g/mol. The Labute approximate surface area is 220 Å². The molecule has 1 N–H and O–H groups in total. The number of amides is 2. The topological polar surface area (TPSA) is 58.6 Å². The van der Waals surface area contributed by atoms with Crippen LogP contribution in [0.15, 0.2) is 77.3 Å². The molecule has 0 aliphatic carbocycles. The maximum Gasteiger partial charge on any atom is 0.261 e. The van der Waals surface area contributed by atoms with Gasteiger partial charge in [-0.15, -0.1) is 0 Å². The summed E-state index contributed by atoms with van der Waals surface area (Å²) >= 11 is 9.73. The first-order chi connectivity index (χ1) is 16.8. The average molecular weight is 558 g/mol. The molecule has 3 aromatic carbocycles. The Morgan fingerprint density at radius 1 is 1.00 bits per heavy atom. The molecule has 0 fully saturated rings. The maximum atomic E-state index is 13.5. The highest BCUT2D eigenvalue weighted by Crippen LogP contribution is 2.29. The maximum absolute atomic E-state index is 13.5. The Balaban J connectivity index is 1.87. The summed E-state index contributed by atoms with van der Waals surface area (Å²) in [4.78, 5) is 28.1. The molecule has 3 rings (SSSR count). The lowest BCUT2D eigenvalue weighted by Gasteiger charge is -2.31. The molecule has 0 radical (unpaired) electrons. The van der Waals surface area contributed by atoms with Crippen molar-refractivity contribution < 1.29 is 14.3 Å². The number of hydrogen-bond donors (Lipinski definition) is 1. The van der Waals surface area contributed by atoms with Crippen molar-refractivity contribution in [3.05, 3.63) is 99.0 Å². The van der Waals surface area contributed by atoms with E-state index in [9.17, 15) is 9.59 Å². The van der Waals surface area contributed by atoms with Crippen molar-refractivity contribution in [1.82, 2.24) is 10.2 Å². The third-order valence-electron chi connectivity index (χ3n) is 5.73. The van der Waals surface area contributed by atoms with Gasteiger partial charge in [-0.05, 0) is 62.8 Å². The first-order valence-electron chi connectivity index (χ1n) is 11.5. The second kappa shape index (κ2) is 12.8. The van der Waals surface area contributed by atoms with Crippen LogP contribution < -0.4 is 10.1 Å². The van der Waals surface area contributed by atoms with Gasteiger partial charge in [-0.2, -0.15) is 0 Å². The predicted molar refractivity (Wildman–Crippen MR) is 144 cm³/mol. The van der Waals surface area contributed by atoms with Gasteiger partial charge >= 0.3 is 0 Å². The number of nitrogens with one attached hydrogen (secondary N) is 1. The van der Waals surface area contributed by atoms with E-state index in [4.69, 9.17) is 16.3 Å². The molecule has 7 heteroatoms. The summed E-state index contributed by atoms with van der Waals surface area (Å²) < 4.78 is 6.68. The van der Waals surface area contributed by atoms with Gasteiger partial charge in [0, 0.05) is 25.0 Å². The zero-order valence-corrected chi connectivity index (χ0v) is 22.5. The lowest BCUT2D eigenvalue weighted by atomic mass is 10.0. The predicted octanol–water partition coefficient (Wildman–Crippen LogP) is 5.99. The molecule has 0 aliphatic rings. The number of benzene rings is 3. The van der Waals surface area contributed by atoms with E-state index in [1.165, 1.54) is 5.56 Å². The molecule has 0 aromatic heterocycles. The number of carbonyl (C=O) groups is 2. The van der Waals surface area contributed by atoms with Gasteiger partial charge in [0.2, 0.25) is 5.91 Å². The molecule has 1 unspecified atom stereocenters. The Morgan fingerprint density at radius 3 is 2.34 bits per heavy atom. The highest BCUT2D eigenvalue weighted by atomic mass is 79.9. The number of ether oxygens (including phenoxy) is 1. The number of carbonyl (C=O) groups excluding carboxylic acids is 2. The lowest BCUT2D eigenvalue weighted by Crippen LogP contribution is -2.51. The van der Waals surface area contributed by atoms with Crippen LogP contribution in [0.1, 0.15) is 36.5 Å². The minimum absolute atomic E-state index is 0.206. The van der Waals surface area contributed by atoms with Gasteiger partial charge in [0.05, 0.1) is 4.47 Å². The number of halogens is 2. The fourth-order valence-electron chi connectivity index (χ4n) is 3.77.